The summed E-state index contributed by atoms with van der Waals surface area (Å²) in [5, 5.41) is 5.57. The van der Waals surface area contributed by atoms with Crippen molar-refractivity contribution in [2.75, 3.05) is 6.54 Å². The van der Waals surface area contributed by atoms with Gasteiger partial charge in [0.15, 0.2) is 5.82 Å². The Morgan fingerprint density at radius 3 is 2.29 bits per heavy atom. The summed E-state index contributed by atoms with van der Waals surface area (Å²) in [7, 11) is 0. The van der Waals surface area contributed by atoms with Crippen LogP contribution >= 0.6 is 27.3 Å². The molecular weight excluding hydrogens is 346 g/mol. The second-order valence-corrected chi connectivity index (χ2v) is 8.08. The van der Waals surface area contributed by atoms with Crippen LogP contribution in [0.25, 0.3) is 10.7 Å². The zero-order chi connectivity index (χ0) is 15.6. The third-order valence-corrected chi connectivity index (χ3v) is 4.93. The molecule has 0 atom stereocenters. The van der Waals surface area contributed by atoms with Crippen molar-refractivity contribution in [1.29, 1.82) is 0 Å². The van der Waals surface area contributed by atoms with Crippen LogP contribution in [0, 0.1) is 13.8 Å². The number of hydrogen-bond donors (Lipinski definition) is 1. The van der Waals surface area contributed by atoms with E-state index in [-0.39, 0.29) is 5.54 Å². The Labute approximate surface area is 139 Å². The zero-order valence-corrected chi connectivity index (χ0v) is 15.7. The van der Waals surface area contributed by atoms with E-state index in [1.54, 1.807) is 11.3 Å². The first-order valence-electron chi connectivity index (χ1n) is 7.10. The van der Waals surface area contributed by atoms with E-state index in [2.05, 4.69) is 77.3 Å². The molecule has 2 rings (SSSR count). The average Bonchev–Trinajstić information content (AvgIpc) is 2.78. The Morgan fingerprint density at radius 1 is 1.19 bits per heavy atom. The number of rotatable bonds is 4. The first kappa shape index (κ1) is 16.6. The molecule has 0 radical (unpaired) electrons. The number of thiophene rings is 1. The normalized spacial score (nSPS) is 11.9. The van der Waals surface area contributed by atoms with Crippen molar-refractivity contribution < 1.29 is 0 Å². The van der Waals surface area contributed by atoms with E-state index >= 15 is 0 Å². The molecule has 0 fully saturated rings. The molecule has 0 spiro atoms. The number of nitrogens with zero attached hydrogens (tertiary/aromatic N) is 2. The van der Waals surface area contributed by atoms with Crippen molar-refractivity contribution in [2.45, 2.75) is 46.6 Å². The van der Waals surface area contributed by atoms with Gasteiger partial charge < -0.3 is 5.32 Å². The number of nitrogens with one attached hydrogen (secondary N) is 1. The Morgan fingerprint density at radius 2 is 1.81 bits per heavy atom. The summed E-state index contributed by atoms with van der Waals surface area (Å²) in [5.41, 5.74) is 3.56. The topological polar surface area (TPSA) is 37.8 Å². The molecule has 1 N–H and O–H groups in total. The lowest BCUT2D eigenvalue weighted by atomic mass is 10.1. The molecule has 0 aromatic carbocycles. The maximum Gasteiger partial charge on any atom is 0.169 e. The smallest absolute Gasteiger partial charge is 0.169 e. The highest BCUT2D eigenvalue weighted by atomic mass is 79.9. The molecule has 0 amide bonds. The molecule has 2 aromatic heterocycles. The Kier molecular flexibility index (Phi) is 5.17. The number of hydrogen-bond acceptors (Lipinski definition) is 4. The van der Waals surface area contributed by atoms with E-state index < -0.39 is 0 Å². The second kappa shape index (κ2) is 6.55. The molecule has 0 bridgehead atoms. The molecule has 114 valence electrons. The van der Waals surface area contributed by atoms with Gasteiger partial charge in [0.1, 0.15) is 0 Å². The fourth-order valence-electron chi connectivity index (χ4n) is 2.20. The molecule has 21 heavy (non-hydrogen) atoms. The van der Waals surface area contributed by atoms with Gasteiger partial charge in [-0.15, -0.1) is 11.3 Å². The maximum atomic E-state index is 4.68. The highest BCUT2D eigenvalue weighted by Gasteiger charge is 2.13. The summed E-state index contributed by atoms with van der Waals surface area (Å²) in [6.45, 7) is 11.6. The van der Waals surface area contributed by atoms with Crippen molar-refractivity contribution in [3.8, 4) is 10.7 Å². The molecule has 2 heterocycles. The van der Waals surface area contributed by atoms with Gasteiger partial charge in [0.05, 0.1) is 4.88 Å². The third kappa shape index (κ3) is 4.59. The van der Waals surface area contributed by atoms with Crippen LogP contribution < -0.4 is 5.32 Å². The monoisotopic (exact) mass is 367 g/mol. The van der Waals surface area contributed by atoms with E-state index in [1.807, 2.05) is 0 Å². The van der Waals surface area contributed by atoms with E-state index in [9.17, 15) is 0 Å². The Balaban J connectivity index is 2.18. The van der Waals surface area contributed by atoms with Crippen molar-refractivity contribution >= 4 is 27.3 Å². The summed E-state index contributed by atoms with van der Waals surface area (Å²) in [6, 6.07) is 2.07. The Hall–Kier alpha value is -0.780. The van der Waals surface area contributed by atoms with Crippen molar-refractivity contribution in [3.05, 3.63) is 32.9 Å². The molecule has 0 unspecified atom stereocenters. The predicted octanol–water partition coefficient (Wildman–Crippen LogP) is 4.52. The second-order valence-electron chi connectivity index (χ2n) is 6.25. The van der Waals surface area contributed by atoms with Crippen molar-refractivity contribution in [1.82, 2.24) is 15.3 Å². The minimum atomic E-state index is 0.145. The SMILES string of the molecule is Cc1nc(-c2cc(Br)cs2)nc(C)c1CCNC(C)(C)C. The van der Waals surface area contributed by atoms with Gasteiger partial charge in [-0.3, -0.25) is 0 Å². The highest BCUT2D eigenvalue weighted by Crippen LogP contribution is 2.28. The largest absolute Gasteiger partial charge is 0.312 e. The molecule has 3 nitrogen and oxygen atoms in total. The molecule has 0 saturated heterocycles. The van der Waals surface area contributed by atoms with Crippen LogP contribution in [0.1, 0.15) is 37.7 Å². The minimum absolute atomic E-state index is 0.145. The first-order valence-corrected chi connectivity index (χ1v) is 8.77. The van der Waals surface area contributed by atoms with Crippen LogP contribution in [0.5, 0.6) is 0 Å². The molecule has 2 aromatic rings. The molecule has 0 aliphatic rings. The lowest BCUT2D eigenvalue weighted by Crippen LogP contribution is -2.37. The first-order chi connectivity index (χ1) is 9.76. The lowest BCUT2D eigenvalue weighted by molar-refractivity contribution is 0.429. The lowest BCUT2D eigenvalue weighted by Gasteiger charge is -2.21. The molecule has 0 aliphatic carbocycles. The van der Waals surface area contributed by atoms with Gasteiger partial charge in [0.25, 0.3) is 0 Å². The summed E-state index contributed by atoms with van der Waals surface area (Å²) in [6.07, 6.45) is 0.962. The third-order valence-electron chi connectivity index (χ3n) is 3.24. The zero-order valence-electron chi connectivity index (χ0n) is 13.2. The van der Waals surface area contributed by atoms with Gasteiger partial charge in [-0.2, -0.15) is 0 Å². The van der Waals surface area contributed by atoms with Crippen LogP contribution in [-0.4, -0.2) is 22.1 Å². The van der Waals surface area contributed by atoms with Gasteiger partial charge >= 0.3 is 0 Å². The predicted molar refractivity (Wildman–Crippen MR) is 94.0 cm³/mol. The number of halogens is 1. The Bertz CT molecular complexity index is 606. The van der Waals surface area contributed by atoms with E-state index in [0.29, 0.717) is 0 Å². The molecule has 0 aliphatic heterocycles. The van der Waals surface area contributed by atoms with Gasteiger partial charge in [0.2, 0.25) is 0 Å². The van der Waals surface area contributed by atoms with Crippen LogP contribution in [-0.2, 0) is 6.42 Å². The fraction of sp³-hybridized carbons (Fsp3) is 0.500. The minimum Gasteiger partial charge on any atom is -0.312 e. The summed E-state index contributed by atoms with van der Waals surface area (Å²) in [4.78, 5) is 10.5. The van der Waals surface area contributed by atoms with Gasteiger partial charge in [-0.25, -0.2) is 9.97 Å². The maximum absolute atomic E-state index is 4.68. The van der Waals surface area contributed by atoms with Gasteiger partial charge in [0, 0.05) is 26.8 Å². The highest BCUT2D eigenvalue weighted by molar-refractivity contribution is 9.10. The summed E-state index contributed by atoms with van der Waals surface area (Å²) in [5.74, 6) is 0.827. The van der Waals surface area contributed by atoms with Crippen LogP contribution in [0.2, 0.25) is 0 Å². The molecule has 0 saturated carbocycles. The summed E-state index contributed by atoms with van der Waals surface area (Å²) >= 11 is 5.14. The summed E-state index contributed by atoms with van der Waals surface area (Å²) < 4.78 is 1.08. The van der Waals surface area contributed by atoms with Crippen molar-refractivity contribution in [3.63, 3.8) is 0 Å². The van der Waals surface area contributed by atoms with E-state index in [0.717, 1.165) is 39.5 Å². The van der Waals surface area contributed by atoms with E-state index in [4.69, 9.17) is 0 Å². The quantitative estimate of drug-likeness (QED) is 0.863. The van der Waals surface area contributed by atoms with Crippen LogP contribution in [0.3, 0.4) is 0 Å². The molecular formula is C16H22BrN3S. The van der Waals surface area contributed by atoms with Crippen LogP contribution in [0.4, 0.5) is 0 Å². The van der Waals surface area contributed by atoms with Gasteiger partial charge in [-0.05, 0) is 75.1 Å². The van der Waals surface area contributed by atoms with Crippen LogP contribution in [0.15, 0.2) is 15.9 Å². The standard InChI is InChI=1S/C16H22BrN3S/c1-10-13(6-7-18-16(3,4)5)11(2)20-15(19-10)14-8-12(17)9-21-14/h8-9,18H,6-7H2,1-5H3. The molecule has 5 heteroatoms. The van der Waals surface area contributed by atoms with E-state index in [1.165, 1.54) is 5.56 Å². The fourth-order valence-corrected chi connectivity index (χ4v) is 3.56. The number of aromatic nitrogens is 2. The average molecular weight is 368 g/mol. The van der Waals surface area contributed by atoms with Crippen molar-refractivity contribution in [2.24, 2.45) is 0 Å². The number of aryl methyl sites for hydroxylation is 2. The van der Waals surface area contributed by atoms with Gasteiger partial charge in [-0.1, -0.05) is 0 Å².